The molecule has 2 aromatic rings. The van der Waals surface area contributed by atoms with Gasteiger partial charge in [0.15, 0.2) is 0 Å². The second kappa shape index (κ2) is 6.75. The predicted molar refractivity (Wildman–Crippen MR) is 87.4 cm³/mol. The van der Waals surface area contributed by atoms with Crippen LogP contribution in [0.1, 0.15) is 22.5 Å². The molecule has 0 bridgehead atoms. The third-order valence-corrected chi connectivity index (χ3v) is 4.16. The van der Waals surface area contributed by atoms with Crippen molar-refractivity contribution in [3.8, 4) is 0 Å². The molecule has 23 heavy (non-hydrogen) atoms. The molecule has 120 valence electrons. The molecule has 0 aliphatic carbocycles. The Hall–Kier alpha value is -2.47. The Morgan fingerprint density at radius 2 is 2.09 bits per heavy atom. The Labute approximate surface area is 134 Å². The zero-order chi connectivity index (χ0) is 16.2. The summed E-state index contributed by atoms with van der Waals surface area (Å²) in [5.41, 5.74) is 1.06. The van der Waals surface area contributed by atoms with Crippen LogP contribution in [0, 0.1) is 0 Å². The molecular formula is C17H20N4O2. The van der Waals surface area contributed by atoms with Crippen LogP contribution < -0.4 is 10.9 Å². The summed E-state index contributed by atoms with van der Waals surface area (Å²) in [5.74, 6) is -0.152. The van der Waals surface area contributed by atoms with Crippen LogP contribution in [0.3, 0.4) is 0 Å². The Bertz CT molecular complexity index is 736. The van der Waals surface area contributed by atoms with E-state index in [1.165, 1.54) is 16.8 Å². The topological polar surface area (TPSA) is 67.2 Å². The largest absolute Gasteiger partial charge is 0.336 e. The third-order valence-electron chi connectivity index (χ3n) is 4.16. The van der Waals surface area contributed by atoms with E-state index >= 15 is 0 Å². The number of hydrogen-bond donors (Lipinski definition) is 1. The average Bonchev–Trinajstić information content (AvgIpc) is 3.11. The summed E-state index contributed by atoms with van der Waals surface area (Å²) in [6.07, 6.45) is 0.936. The Morgan fingerprint density at radius 1 is 1.30 bits per heavy atom. The van der Waals surface area contributed by atoms with Crippen molar-refractivity contribution in [1.82, 2.24) is 20.0 Å². The molecule has 1 unspecified atom stereocenters. The first kappa shape index (κ1) is 15.4. The van der Waals surface area contributed by atoms with Crippen LogP contribution in [0.5, 0.6) is 0 Å². The third kappa shape index (κ3) is 3.48. The Balaban J connectivity index is 1.82. The first-order valence-corrected chi connectivity index (χ1v) is 7.75. The number of nitrogens with one attached hydrogen (secondary N) is 1. The summed E-state index contributed by atoms with van der Waals surface area (Å²) in [7, 11) is 1.79. The number of hydrogen-bond acceptors (Lipinski definition) is 4. The number of amides is 1. The molecule has 3 rings (SSSR count). The van der Waals surface area contributed by atoms with E-state index in [2.05, 4.69) is 10.4 Å². The van der Waals surface area contributed by atoms with Crippen LogP contribution in [0.2, 0.25) is 0 Å². The van der Waals surface area contributed by atoms with Gasteiger partial charge in [0.25, 0.3) is 11.5 Å². The summed E-state index contributed by atoms with van der Waals surface area (Å²) in [4.78, 5) is 26.3. The van der Waals surface area contributed by atoms with Gasteiger partial charge in [0, 0.05) is 25.7 Å². The molecule has 6 heteroatoms. The lowest BCUT2D eigenvalue weighted by molar-refractivity contribution is 0.0735. The molecule has 1 aromatic carbocycles. The first-order chi connectivity index (χ1) is 11.1. The van der Waals surface area contributed by atoms with Crippen molar-refractivity contribution in [3.05, 3.63) is 64.1 Å². The van der Waals surface area contributed by atoms with Crippen molar-refractivity contribution in [2.45, 2.75) is 19.0 Å². The van der Waals surface area contributed by atoms with Gasteiger partial charge in [-0.15, -0.1) is 0 Å². The minimum Gasteiger partial charge on any atom is -0.336 e. The summed E-state index contributed by atoms with van der Waals surface area (Å²) in [6, 6.07) is 12.7. The monoisotopic (exact) mass is 312 g/mol. The molecule has 1 aromatic heterocycles. The summed E-state index contributed by atoms with van der Waals surface area (Å²) >= 11 is 0. The van der Waals surface area contributed by atoms with Gasteiger partial charge in [0.05, 0.1) is 6.54 Å². The highest BCUT2D eigenvalue weighted by Gasteiger charge is 2.25. The van der Waals surface area contributed by atoms with E-state index in [1.807, 2.05) is 30.3 Å². The number of nitrogens with zero attached hydrogens (tertiary/aromatic N) is 3. The smallest absolute Gasteiger partial charge is 0.274 e. The molecule has 1 aliphatic heterocycles. The Kier molecular flexibility index (Phi) is 4.52. The van der Waals surface area contributed by atoms with E-state index in [1.54, 1.807) is 11.9 Å². The molecule has 2 heterocycles. The van der Waals surface area contributed by atoms with E-state index in [0.717, 1.165) is 25.1 Å². The van der Waals surface area contributed by atoms with E-state index < -0.39 is 0 Å². The highest BCUT2D eigenvalue weighted by molar-refractivity contribution is 5.92. The van der Waals surface area contributed by atoms with Gasteiger partial charge in [-0.2, -0.15) is 5.10 Å². The quantitative estimate of drug-likeness (QED) is 0.903. The van der Waals surface area contributed by atoms with Gasteiger partial charge in [-0.05, 0) is 24.6 Å². The normalized spacial score (nSPS) is 17.2. The highest BCUT2D eigenvalue weighted by atomic mass is 16.2. The fraction of sp³-hybridized carbons (Fsp3) is 0.353. The van der Waals surface area contributed by atoms with Crippen molar-refractivity contribution >= 4 is 5.91 Å². The van der Waals surface area contributed by atoms with Crippen LogP contribution in [-0.2, 0) is 6.54 Å². The number of carbonyl (C=O) groups is 1. The molecule has 0 radical (unpaired) electrons. The van der Waals surface area contributed by atoms with Crippen molar-refractivity contribution in [3.63, 3.8) is 0 Å². The van der Waals surface area contributed by atoms with Gasteiger partial charge >= 0.3 is 0 Å². The predicted octanol–water partition coefficient (Wildman–Crippen LogP) is 0.726. The lowest BCUT2D eigenvalue weighted by atomic mass is 10.2. The van der Waals surface area contributed by atoms with Gasteiger partial charge in [0.1, 0.15) is 5.69 Å². The molecular weight excluding hydrogens is 292 g/mol. The maximum absolute atomic E-state index is 12.6. The number of benzene rings is 1. The second-order valence-corrected chi connectivity index (χ2v) is 5.76. The molecule has 1 saturated heterocycles. The molecule has 0 spiro atoms. The van der Waals surface area contributed by atoms with Gasteiger partial charge in [-0.3, -0.25) is 9.59 Å². The SMILES string of the molecule is CN(C(=O)c1ccc(=O)n(Cc2ccccc2)n1)C1CCNC1. The van der Waals surface area contributed by atoms with Crippen molar-refractivity contribution < 1.29 is 4.79 Å². The minimum atomic E-state index is -0.212. The average molecular weight is 312 g/mol. The lowest BCUT2D eigenvalue weighted by Crippen LogP contribution is -2.39. The van der Waals surface area contributed by atoms with Crippen LogP contribution in [0.25, 0.3) is 0 Å². The molecule has 1 aliphatic rings. The zero-order valence-electron chi connectivity index (χ0n) is 13.1. The first-order valence-electron chi connectivity index (χ1n) is 7.75. The van der Waals surface area contributed by atoms with E-state index in [9.17, 15) is 9.59 Å². The molecule has 0 saturated carbocycles. The number of carbonyl (C=O) groups excluding carboxylic acids is 1. The zero-order valence-corrected chi connectivity index (χ0v) is 13.1. The van der Waals surface area contributed by atoms with Crippen molar-refractivity contribution in [1.29, 1.82) is 0 Å². The standard InChI is InChI=1S/C17H20N4O2/c1-20(14-9-10-18-11-14)17(23)15-7-8-16(22)21(19-15)12-13-5-3-2-4-6-13/h2-8,14,18H,9-12H2,1H3. The number of likely N-dealkylation sites (N-methyl/N-ethyl adjacent to an activating group) is 1. The number of rotatable bonds is 4. The minimum absolute atomic E-state index is 0.152. The van der Waals surface area contributed by atoms with Crippen molar-refractivity contribution in [2.75, 3.05) is 20.1 Å². The fourth-order valence-electron chi connectivity index (χ4n) is 2.75. The Morgan fingerprint density at radius 3 is 2.78 bits per heavy atom. The van der Waals surface area contributed by atoms with E-state index in [4.69, 9.17) is 0 Å². The van der Waals surface area contributed by atoms with Crippen LogP contribution in [-0.4, -0.2) is 46.8 Å². The number of aromatic nitrogens is 2. The molecule has 6 nitrogen and oxygen atoms in total. The molecule has 1 N–H and O–H groups in total. The van der Waals surface area contributed by atoms with Crippen LogP contribution >= 0.6 is 0 Å². The van der Waals surface area contributed by atoms with Gasteiger partial charge < -0.3 is 10.2 Å². The van der Waals surface area contributed by atoms with E-state index in [0.29, 0.717) is 12.2 Å². The van der Waals surface area contributed by atoms with Gasteiger partial charge in [0.2, 0.25) is 0 Å². The molecule has 1 amide bonds. The summed E-state index contributed by atoms with van der Waals surface area (Å²) < 4.78 is 1.34. The van der Waals surface area contributed by atoms with Crippen LogP contribution in [0.15, 0.2) is 47.3 Å². The van der Waals surface area contributed by atoms with Gasteiger partial charge in [-0.25, -0.2) is 4.68 Å². The summed E-state index contributed by atoms with van der Waals surface area (Å²) in [5, 5.41) is 7.50. The molecule has 1 fully saturated rings. The van der Waals surface area contributed by atoms with E-state index in [-0.39, 0.29) is 17.5 Å². The van der Waals surface area contributed by atoms with Crippen molar-refractivity contribution in [2.24, 2.45) is 0 Å². The second-order valence-electron chi connectivity index (χ2n) is 5.76. The maximum Gasteiger partial charge on any atom is 0.274 e. The van der Waals surface area contributed by atoms with Crippen LogP contribution in [0.4, 0.5) is 0 Å². The summed E-state index contributed by atoms with van der Waals surface area (Å²) in [6.45, 7) is 2.07. The highest BCUT2D eigenvalue weighted by Crippen LogP contribution is 2.09. The molecule has 1 atom stereocenters. The van der Waals surface area contributed by atoms with Gasteiger partial charge in [-0.1, -0.05) is 30.3 Å². The maximum atomic E-state index is 12.6. The fourth-order valence-corrected chi connectivity index (χ4v) is 2.75. The lowest BCUT2D eigenvalue weighted by Gasteiger charge is -2.23.